The SMILES string of the molecule is C/C(=N/OC(C)C)c1ccc(O)c2c1CC1CC3C(N(C)C)C(O)=C(C(N)=O)C(=O)C3(O)C(O)=C1C2=O. The molecule has 0 saturated heterocycles. The van der Waals surface area contributed by atoms with Crippen LogP contribution in [0.5, 0.6) is 5.75 Å². The lowest BCUT2D eigenvalue weighted by atomic mass is 9.58. The van der Waals surface area contributed by atoms with Crippen molar-refractivity contribution in [1.82, 2.24) is 4.90 Å². The third-order valence-electron chi connectivity index (χ3n) is 7.40. The number of aliphatic hydroxyl groups is 3. The maximum absolute atomic E-state index is 13.7. The molecule has 11 nitrogen and oxygen atoms in total. The van der Waals surface area contributed by atoms with Gasteiger partial charge >= 0.3 is 0 Å². The summed E-state index contributed by atoms with van der Waals surface area (Å²) in [5.74, 6) is -6.86. The molecule has 4 atom stereocenters. The summed E-state index contributed by atoms with van der Waals surface area (Å²) < 4.78 is 0. The maximum atomic E-state index is 13.7. The highest BCUT2D eigenvalue weighted by Crippen LogP contribution is 2.52. The van der Waals surface area contributed by atoms with E-state index < -0.39 is 58.0 Å². The quantitative estimate of drug-likeness (QED) is 0.220. The van der Waals surface area contributed by atoms with Gasteiger partial charge in [0, 0.05) is 17.1 Å². The lowest BCUT2D eigenvalue weighted by molar-refractivity contribution is -0.148. The number of allylic oxidation sites excluding steroid dienone is 1. The number of likely N-dealkylation sites (N-methyl/N-ethyl adjacent to an activating group) is 1. The molecule has 11 heteroatoms. The van der Waals surface area contributed by atoms with Crippen molar-refractivity contribution in [2.24, 2.45) is 22.7 Å². The van der Waals surface area contributed by atoms with Crippen LogP contribution in [0.2, 0.25) is 0 Å². The van der Waals surface area contributed by atoms with Crippen molar-refractivity contribution in [3.8, 4) is 5.75 Å². The van der Waals surface area contributed by atoms with E-state index in [-0.39, 0.29) is 35.8 Å². The summed E-state index contributed by atoms with van der Waals surface area (Å²) >= 11 is 0. The number of phenols is 1. The van der Waals surface area contributed by atoms with E-state index in [0.717, 1.165) is 0 Å². The normalized spacial score (nSPS) is 27.9. The molecule has 3 aliphatic rings. The molecule has 0 heterocycles. The van der Waals surface area contributed by atoms with Crippen molar-refractivity contribution in [3.05, 3.63) is 51.5 Å². The first kappa shape index (κ1) is 26.4. The van der Waals surface area contributed by atoms with E-state index in [1.54, 1.807) is 27.1 Å². The van der Waals surface area contributed by atoms with E-state index >= 15 is 0 Å². The van der Waals surface area contributed by atoms with Gasteiger partial charge in [0.2, 0.25) is 5.78 Å². The first-order valence-corrected chi connectivity index (χ1v) is 11.9. The summed E-state index contributed by atoms with van der Waals surface area (Å²) in [6.07, 6.45) is 0.0108. The lowest BCUT2D eigenvalue weighted by Crippen LogP contribution is -2.63. The molecule has 1 aromatic rings. The number of carbonyl (C=O) groups excluding carboxylic acids is 3. The minimum Gasteiger partial charge on any atom is -0.510 e. The number of benzene rings is 1. The Morgan fingerprint density at radius 1 is 1.22 bits per heavy atom. The first-order chi connectivity index (χ1) is 17.2. The number of primary amides is 1. The molecule has 3 aliphatic carbocycles. The Balaban J connectivity index is 1.92. The molecule has 0 saturated carbocycles. The molecule has 37 heavy (non-hydrogen) atoms. The Morgan fingerprint density at radius 3 is 2.43 bits per heavy atom. The summed E-state index contributed by atoms with van der Waals surface area (Å²) in [4.78, 5) is 45.9. The largest absolute Gasteiger partial charge is 0.510 e. The average Bonchev–Trinajstić information content (AvgIpc) is 2.79. The van der Waals surface area contributed by atoms with Gasteiger partial charge in [-0.3, -0.25) is 19.3 Å². The van der Waals surface area contributed by atoms with E-state index in [0.29, 0.717) is 16.8 Å². The number of aliphatic hydroxyl groups excluding tert-OH is 2. The maximum Gasteiger partial charge on any atom is 0.255 e. The fourth-order valence-electron chi connectivity index (χ4n) is 5.82. The van der Waals surface area contributed by atoms with Crippen LogP contribution in [0, 0.1) is 11.8 Å². The summed E-state index contributed by atoms with van der Waals surface area (Å²) in [5.41, 5.74) is 3.10. The van der Waals surface area contributed by atoms with Crippen LogP contribution in [0.15, 0.2) is 40.0 Å². The highest BCUT2D eigenvalue weighted by atomic mass is 16.6. The number of Topliss-reactive ketones (excluding diaryl/α,β-unsaturated/α-hetero) is 2. The number of nitrogens with two attached hydrogens (primary N) is 1. The number of hydrogen-bond acceptors (Lipinski definition) is 10. The molecule has 0 aliphatic heterocycles. The summed E-state index contributed by atoms with van der Waals surface area (Å²) in [7, 11) is 3.16. The summed E-state index contributed by atoms with van der Waals surface area (Å²) in [6.45, 7) is 5.34. The van der Waals surface area contributed by atoms with Crippen molar-refractivity contribution in [1.29, 1.82) is 0 Å². The molecule has 4 unspecified atom stereocenters. The van der Waals surface area contributed by atoms with Crippen LogP contribution in [0.3, 0.4) is 0 Å². The van der Waals surface area contributed by atoms with E-state index in [1.807, 2.05) is 13.8 Å². The smallest absolute Gasteiger partial charge is 0.255 e. The van der Waals surface area contributed by atoms with Crippen LogP contribution >= 0.6 is 0 Å². The van der Waals surface area contributed by atoms with Gasteiger partial charge in [0.05, 0.1) is 17.3 Å². The molecule has 0 bridgehead atoms. The molecule has 1 aromatic carbocycles. The van der Waals surface area contributed by atoms with Crippen LogP contribution in [0.25, 0.3) is 0 Å². The van der Waals surface area contributed by atoms with Gasteiger partial charge in [0.1, 0.15) is 28.9 Å². The number of aromatic hydroxyl groups is 1. The minimum absolute atomic E-state index is 0.0134. The number of rotatable bonds is 5. The van der Waals surface area contributed by atoms with Crippen molar-refractivity contribution in [3.63, 3.8) is 0 Å². The van der Waals surface area contributed by atoms with Gasteiger partial charge in [-0.2, -0.15) is 0 Å². The number of amides is 1. The Labute approximate surface area is 213 Å². The topological polar surface area (TPSA) is 183 Å². The highest BCUT2D eigenvalue weighted by molar-refractivity contribution is 6.25. The van der Waals surface area contributed by atoms with Crippen molar-refractivity contribution < 1.29 is 39.6 Å². The van der Waals surface area contributed by atoms with Crippen LogP contribution < -0.4 is 5.73 Å². The van der Waals surface area contributed by atoms with Crippen LogP contribution in [-0.4, -0.2) is 80.4 Å². The molecule has 6 N–H and O–H groups in total. The van der Waals surface area contributed by atoms with E-state index in [4.69, 9.17) is 10.6 Å². The second-order valence-electron chi connectivity index (χ2n) is 10.3. The van der Waals surface area contributed by atoms with Gasteiger partial charge < -0.3 is 31.0 Å². The lowest BCUT2D eigenvalue weighted by Gasteiger charge is -2.50. The Bertz CT molecular complexity index is 1310. The summed E-state index contributed by atoms with van der Waals surface area (Å²) in [5, 5.41) is 48.5. The first-order valence-electron chi connectivity index (χ1n) is 11.9. The fourth-order valence-corrected chi connectivity index (χ4v) is 5.82. The van der Waals surface area contributed by atoms with E-state index in [2.05, 4.69) is 5.16 Å². The van der Waals surface area contributed by atoms with Crippen molar-refractivity contribution >= 4 is 23.2 Å². The van der Waals surface area contributed by atoms with Crippen LogP contribution in [0.4, 0.5) is 0 Å². The third kappa shape index (κ3) is 3.80. The number of ketones is 2. The zero-order valence-corrected chi connectivity index (χ0v) is 21.3. The molecule has 0 radical (unpaired) electrons. The van der Waals surface area contributed by atoms with Crippen LogP contribution in [0.1, 0.15) is 48.7 Å². The Kier molecular flexibility index (Phi) is 6.41. The molecule has 198 valence electrons. The molecule has 4 rings (SSSR count). The number of fused-ring (bicyclic) bond motifs is 3. The Morgan fingerprint density at radius 2 is 1.86 bits per heavy atom. The monoisotopic (exact) mass is 513 g/mol. The van der Waals surface area contributed by atoms with Gasteiger partial charge in [-0.25, -0.2) is 0 Å². The van der Waals surface area contributed by atoms with Crippen molar-refractivity contribution in [2.45, 2.75) is 51.4 Å². The van der Waals surface area contributed by atoms with Gasteiger partial charge in [0.25, 0.3) is 5.91 Å². The van der Waals surface area contributed by atoms with Gasteiger partial charge in [0.15, 0.2) is 11.4 Å². The second kappa shape index (κ2) is 9.00. The zero-order chi connectivity index (χ0) is 27.6. The molecule has 1 amide bonds. The fraction of sp³-hybridized carbons (Fsp3) is 0.462. The van der Waals surface area contributed by atoms with Gasteiger partial charge in [-0.15, -0.1) is 0 Å². The molecule has 0 fully saturated rings. The standard InChI is InChI=1S/C26H31N3O8/c1-10(2)37-28-11(3)13-6-7-16(30)18-14(13)8-12-9-15-20(29(4)5)22(32)19(25(27)35)24(34)26(15,36)23(33)17(12)21(18)31/h6-7,10,12,15,20,30,32-33,36H,8-9H2,1-5H3,(H2,27,35)/b28-11-. The second-order valence-corrected chi connectivity index (χ2v) is 10.3. The van der Waals surface area contributed by atoms with Crippen LogP contribution in [-0.2, 0) is 20.8 Å². The predicted octanol–water partition coefficient (Wildman–Crippen LogP) is 1.27. The number of carbonyl (C=O) groups is 3. The van der Waals surface area contributed by atoms with E-state index in [1.165, 1.54) is 11.0 Å². The zero-order valence-electron chi connectivity index (χ0n) is 21.3. The van der Waals surface area contributed by atoms with Gasteiger partial charge in [-0.1, -0.05) is 5.16 Å². The number of oxime groups is 1. The number of hydrogen-bond donors (Lipinski definition) is 5. The van der Waals surface area contributed by atoms with Crippen molar-refractivity contribution in [2.75, 3.05) is 14.1 Å². The highest BCUT2D eigenvalue weighted by Gasteiger charge is 2.63. The molecule has 0 aromatic heterocycles. The summed E-state index contributed by atoms with van der Waals surface area (Å²) in [6, 6.07) is 1.91. The average molecular weight is 514 g/mol. The Hall–Kier alpha value is -3.70. The molecule has 0 spiro atoms. The molecular weight excluding hydrogens is 482 g/mol. The third-order valence-corrected chi connectivity index (χ3v) is 7.40. The predicted molar refractivity (Wildman–Crippen MR) is 132 cm³/mol. The van der Waals surface area contributed by atoms with Gasteiger partial charge in [-0.05, 0) is 71.3 Å². The minimum atomic E-state index is -2.67. The number of nitrogens with zero attached hydrogens (tertiary/aromatic N) is 2. The molecular formula is C26H31N3O8. The van der Waals surface area contributed by atoms with E-state index in [9.17, 15) is 34.8 Å². The number of phenolic OH excluding ortho intramolecular Hbond substituents is 1.